The van der Waals surface area contributed by atoms with Gasteiger partial charge in [-0.3, -0.25) is 4.79 Å². The molecule has 0 saturated heterocycles. The molecule has 136 valence electrons. The van der Waals surface area contributed by atoms with Gasteiger partial charge in [0, 0.05) is 18.7 Å². The van der Waals surface area contributed by atoms with E-state index in [0.29, 0.717) is 22.4 Å². The number of para-hydroxylation sites is 1. The number of rotatable bonds is 5. The fraction of sp³-hybridized carbons (Fsp3) is 0.188. The second kappa shape index (κ2) is 7.11. The fourth-order valence-corrected chi connectivity index (χ4v) is 3.29. The summed E-state index contributed by atoms with van der Waals surface area (Å²) in [6, 6.07) is 11.0. The topological polar surface area (TPSA) is 120 Å². The summed E-state index contributed by atoms with van der Waals surface area (Å²) in [6.45, 7) is 1.97. The smallest absolute Gasteiger partial charge is 0.264 e. The van der Waals surface area contributed by atoms with Gasteiger partial charge in [0.05, 0.1) is 17.1 Å². The Labute approximate surface area is 157 Å². The molecule has 0 aliphatic heterocycles. The lowest BCUT2D eigenvalue weighted by molar-refractivity contribution is 0.717. The van der Waals surface area contributed by atoms with E-state index in [1.165, 1.54) is 28.8 Å². The lowest BCUT2D eigenvalue weighted by atomic mass is 10.3. The molecular weight excluding hydrogens is 366 g/mol. The average molecular weight is 381 g/mol. The molecule has 0 fully saturated rings. The van der Waals surface area contributed by atoms with E-state index < -0.39 is 0 Å². The van der Waals surface area contributed by atoms with E-state index in [0.717, 1.165) is 5.69 Å². The van der Waals surface area contributed by atoms with E-state index in [9.17, 15) is 4.79 Å². The minimum absolute atomic E-state index is 0.0875. The minimum Gasteiger partial charge on any atom is -0.305 e. The van der Waals surface area contributed by atoms with Crippen LogP contribution in [0.15, 0.2) is 52.5 Å². The third-order valence-electron chi connectivity index (χ3n) is 3.82. The Morgan fingerprint density at radius 1 is 1.15 bits per heavy atom. The van der Waals surface area contributed by atoms with E-state index in [-0.39, 0.29) is 10.8 Å². The lowest BCUT2D eigenvalue weighted by Gasteiger charge is -2.06. The molecule has 0 bridgehead atoms. The summed E-state index contributed by atoms with van der Waals surface area (Å²) >= 11 is 1.46. The van der Waals surface area contributed by atoms with Crippen LogP contribution in [0, 0.1) is 0 Å². The Kier molecular flexibility index (Phi) is 4.50. The number of nitrogens with one attached hydrogen (secondary N) is 1. The summed E-state index contributed by atoms with van der Waals surface area (Å²) < 4.78 is 1.80. The first-order chi connectivity index (χ1) is 13.1. The van der Waals surface area contributed by atoms with Gasteiger partial charge in [-0.15, -0.1) is 25.2 Å². The molecule has 4 aromatic rings. The summed E-state index contributed by atoms with van der Waals surface area (Å²) in [7, 11) is 1.83. The van der Waals surface area contributed by atoms with Crippen molar-refractivity contribution in [2.24, 2.45) is 7.05 Å². The Hall–Kier alpha value is -3.34. The van der Waals surface area contributed by atoms with Crippen molar-refractivity contribution in [2.45, 2.75) is 17.3 Å². The van der Waals surface area contributed by atoms with Crippen molar-refractivity contribution in [1.29, 1.82) is 0 Å². The molecule has 1 atom stereocenters. The zero-order valence-electron chi connectivity index (χ0n) is 14.5. The number of benzene rings is 1. The van der Waals surface area contributed by atoms with Crippen molar-refractivity contribution >= 4 is 11.8 Å². The molecule has 1 aromatic carbocycles. The predicted octanol–water partition coefficient (Wildman–Crippen LogP) is 1.39. The van der Waals surface area contributed by atoms with Gasteiger partial charge in [-0.2, -0.15) is 5.10 Å². The van der Waals surface area contributed by atoms with Crippen LogP contribution in [0.3, 0.4) is 0 Å². The van der Waals surface area contributed by atoms with Crippen LogP contribution in [-0.4, -0.2) is 45.2 Å². The van der Waals surface area contributed by atoms with Gasteiger partial charge < -0.3 is 4.57 Å². The van der Waals surface area contributed by atoms with Crippen molar-refractivity contribution in [2.75, 3.05) is 0 Å². The maximum atomic E-state index is 11.5. The van der Waals surface area contributed by atoms with Crippen molar-refractivity contribution < 1.29 is 0 Å². The number of H-pyrrole nitrogens is 1. The van der Waals surface area contributed by atoms with Crippen molar-refractivity contribution in [1.82, 2.24) is 45.2 Å². The number of hydrogen-bond acceptors (Lipinski definition) is 8. The summed E-state index contributed by atoms with van der Waals surface area (Å²) in [5.41, 5.74) is 1.15. The number of tetrazole rings is 1. The third kappa shape index (κ3) is 3.49. The number of aromatic nitrogens is 9. The molecule has 4 rings (SSSR count). The fourth-order valence-electron chi connectivity index (χ4n) is 2.44. The van der Waals surface area contributed by atoms with Crippen LogP contribution in [0.1, 0.15) is 18.0 Å². The van der Waals surface area contributed by atoms with Gasteiger partial charge in [-0.1, -0.05) is 30.0 Å². The summed E-state index contributed by atoms with van der Waals surface area (Å²) in [6.07, 6.45) is 1.54. The Balaban J connectivity index is 1.55. The SMILES string of the molecule is C[C@@H](Sc1nnc(-c2cn[nH]c(=O)c2)n1C)c1nnn(-c2ccccc2)n1. The number of thioether (sulfide) groups is 1. The zero-order valence-corrected chi connectivity index (χ0v) is 15.3. The van der Waals surface area contributed by atoms with Gasteiger partial charge in [0.25, 0.3) is 5.56 Å². The van der Waals surface area contributed by atoms with E-state index in [1.54, 1.807) is 4.57 Å². The largest absolute Gasteiger partial charge is 0.305 e. The third-order valence-corrected chi connectivity index (χ3v) is 4.95. The molecule has 0 radical (unpaired) electrons. The Morgan fingerprint density at radius 2 is 1.96 bits per heavy atom. The lowest BCUT2D eigenvalue weighted by Crippen LogP contribution is -2.07. The molecule has 0 saturated carbocycles. The Bertz CT molecular complexity index is 1120. The highest BCUT2D eigenvalue weighted by atomic mass is 32.2. The van der Waals surface area contributed by atoms with Crippen molar-refractivity contribution in [3.63, 3.8) is 0 Å². The normalized spacial score (nSPS) is 12.2. The molecule has 3 heterocycles. The Morgan fingerprint density at radius 3 is 2.74 bits per heavy atom. The van der Waals surface area contributed by atoms with Crippen LogP contribution < -0.4 is 5.56 Å². The minimum atomic E-state index is -0.292. The summed E-state index contributed by atoms with van der Waals surface area (Å²) in [5.74, 6) is 1.15. The first-order valence-corrected chi connectivity index (χ1v) is 8.96. The van der Waals surface area contributed by atoms with E-state index in [2.05, 4.69) is 35.8 Å². The first kappa shape index (κ1) is 17.1. The molecule has 0 aliphatic rings. The van der Waals surface area contributed by atoms with Crippen molar-refractivity contribution in [3.8, 4) is 17.1 Å². The quantitative estimate of drug-likeness (QED) is 0.515. The summed E-state index contributed by atoms with van der Waals surface area (Å²) in [5, 5.41) is 27.8. The van der Waals surface area contributed by atoms with Crippen LogP contribution in [-0.2, 0) is 7.05 Å². The zero-order chi connectivity index (χ0) is 18.8. The number of aromatic amines is 1. The molecule has 0 amide bonds. The van der Waals surface area contributed by atoms with Gasteiger partial charge in [-0.05, 0) is 24.3 Å². The van der Waals surface area contributed by atoms with Gasteiger partial charge in [0.15, 0.2) is 16.8 Å². The molecule has 0 spiro atoms. The van der Waals surface area contributed by atoms with Crippen LogP contribution in [0.25, 0.3) is 17.1 Å². The van der Waals surface area contributed by atoms with E-state index in [4.69, 9.17) is 0 Å². The maximum absolute atomic E-state index is 11.5. The van der Waals surface area contributed by atoms with Crippen LogP contribution in [0.2, 0.25) is 0 Å². The molecule has 0 aliphatic carbocycles. The molecule has 27 heavy (non-hydrogen) atoms. The number of nitrogens with zero attached hydrogens (tertiary/aromatic N) is 8. The molecule has 10 nitrogen and oxygen atoms in total. The molecule has 11 heteroatoms. The van der Waals surface area contributed by atoms with Gasteiger partial charge in [0.2, 0.25) is 0 Å². The van der Waals surface area contributed by atoms with Crippen LogP contribution in [0.5, 0.6) is 0 Å². The second-order valence-electron chi connectivity index (χ2n) is 5.73. The van der Waals surface area contributed by atoms with E-state index >= 15 is 0 Å². The molecular formula is C16H15N9OS. The van der Waals surface area contributed by atoms with Gasteiger partial charge in [-0.25, -0.2) is 5.10 Å². The highest BCUT2D eigenvalue weighted by molar-refractivity contribution is 7.99. The van der Waals surface area contributed by atoms with E-state index in [1.807, 2.05) is 44.3 Å². The monoisotopic (exact) mass is 381 g/mol. The standard InChI is InChI=1S/C16H15N9OS/c1-10(14-19-23-25(22-14)12-6-4-3-5-7-12)27-16-21-20-15(24(16)2)11-8-13(26)18-17-9-11/h3-10H,1-2H3,(H,18,26)/t10-/m1/s1. The highest BCUT2D eigenvalue weighted by Crippen LogP contribution is 2.32. The van der Waals surface area contributed by atoms with Crippen LogP contribution in [0.4, 0.5) is 0 Å². The predicted molar refractivity (Wildman–Crippen MR) is 98.3 cm³/mol. The summed E-state index contributed by atoms with van der Waals surface area (Å²) in [4.78, 5) is 13.0. The average Bonchev–Trinajstić information content (AvgIpc) is 3.30. The van der Waals surface area contributed by atoms with Crippen LogP contribution >= 0.6 is 11.8 Å². The molecule has 1 N–H and O–H groups in total. The maximum Gasteiger partial charge on any atom is 0.264 e. The molecule has 3 aromatic heterocycles. The number of hydrogen-bond donors (Lipinski definition) is 1. The van der Waals surface area contributed by atoms with Crippen molar-refractivity contribution in [3.05, 3.63) is 58.8 Å². The first-order valence-electron chi connectivity index (χ1n) is 8.08. The second-order valence-corrected chi connectivity index (χ2v) is 7.04. The highest BCUT2D eigenvalue weighted by Gasteiger charge is 2.19. The van der Waals surface area contributed by atoms with Gasteiger partial charge in [0.1, 0.15) is 0 Å². The van der Waals surface area contributed by atoms with Gasteiger partial charge >= 0.3 is 0 Å². The molecule has 0 unspecified atom stereocenters.